The van der Waals surface area contributed by atoms with E-state index < -0.39 is 6.10 Å². The summed E-state index contributed by atoms with van der Waals surface area (Å²) in [5.41, 5.74) is 1.12. The van der Waals surface area contributed by atoms with E-state index >= 15 is 0 Å². The van der Waals surface area contributed by atoms with Crippen LogP contribution in [-0.2, 0) is 11.2 Å². The summed E-state index contributed by atoms with van der Waals surface area (Å²) in [7, 11) is 1.58. The molecule has 0 saturated carbocycles. The van der Waals surface area contributed by atoms with Gasteiger partial charge in [0.25, 0.3) is 0 Å². The fourth-order valence-corrected chi connectivity index (χ4v) is 1.91. The maximum Gasteiger partial charge on any atom is 0.0897 e. The number of ether oxygens (including phenoxy) is 1. The molecule has 0 aliphatic heterocycles. The summed E-state index contributed by atoms with van der Waals surface area (Å²) in [6.45, 7) is 3.79. The molecule has 0 bridgehead atoms. The molecule has 0 aliphatic carbocycles. The van der Waals surface area contributed by atoms with Crippen molar-refractivity contribution in [3.8, 4) is 0 Å². The predicted octanol–water partition coefficient (Wildman–Crippen LogP) is 0.591. The first-order chi connectivity index (χ1) is 7.22. The van der Waals surface area contributed by atoms with Crippen molar-refractivity contribution in [2.75, 3.05) is 26.8 Å². The van der Waals surface area contributed by atoms with Crippen molar-refractivity contribution in [3.05, 3.63) is 16.1 Å². The Labute approximate surface area is 94.3 Å². The van der Waals surface area contributed by atoms with E-state index in [1.165, 1.54) is 0 Å². The molecule has 1 heterocycles. The Kier molecular flexibility index (Phi) is 5.78. The smallest absolute Gasteiger partial charge is 0.0897 e. The number of nitrogens with zero attached hydrogens (tertiary/aromatic N) is 1. The van der Waals surface area contributed by atoms with Crippen molar-refractivity contribution in [3.63, 3.8) is 0 Å². The summed E-state index contributed by atoms with van der Waals surface area (Å²) in [6.07, 6.45) is 0.483. The Morgan fingerprint density at radius 3 is 3.07 bits per heavy atom. The largest absolute Gasteiger partial charge is 0.389 e. The highest BCUT2D eigenvalue weighted by Gasteiger charge is 2.02. The van der Waals surface area contributed by atoms with Gasteiger partial charge in [-0.1, -0.05) is 0 Å². The lowest BCUT2D eigenvalue weighted by molar-refractivity contribution is 0.0648. The lowest BCUT2D eigenvalue weighted by Crippen LogP contribution is -2.31. The number of rotatable bonds is 7. The zero-order valence-corrected chi connectivity index (χ0v) is 10.0. The summed E-state index contributed by atoms with van der Waals surface area (Å²) < 4.78 is 4.82. The monoisotopic (exact) mass is 230 g/mol. The van der Waals surface area contributed by atoms with Crippen molar-refractivity contribution in [1.82, 2.24) is 10.3 Å². The molecule has 5 heteroatoms. The van der Waals surface area contributed by atoms with E-state index in [0.29, 0.717) is 13.2 Å². The quantitative estimate of drug-likeness (QED) is 0.673. The summed E-state index contributed by atoms with van der Waals surface area (Å²) in [5, 5.41) is 15.7. The SMILES string of the molecule is COCC(O)CNCCc1csc(C)n1. The molecule has 1 aromatic rings. The third kappa shape index (κ3) is 5.22. The Morgan fingerprint density at radius 1 is 1.67 bits per heavy atom. The Bertz CT molecular complexity index is 278. The van der Waals surface area contributed by atoms with E-state index in [1.54, 1.807) is 18.4 Å². The highest BCUT2D eigenvalue weighted by molar-refractivity contribution is 7.09. The number of hydrogen-bond acceptors (Lipinski definition) is 5. The normalized spacial score (nSPS) is 13.0. The van der Waals surface area contributed by atoms with E-state index in [2.05, 4.69) is 15.7 Å². The number of hydrogen-bond donors (Lipinski definition) is 2. The van der Waals surface area contributed by atoms with E-state index in [-0.39, 0.29) is 0 Å². The van der Waals surface area contributed by atoms with E-state index in [4.69, 9.17) is 4.74 Å². The van der Waals surface area contributed by atoms with Crippen LogP contribution in [0.3, 0.4) is 0 Å². The fourth-order valence-electron chi connectivity index (χ4n) is 1.26. The van der Waals surface area contributed by atoms with Gasteiger partial charge in [-0.15, -0.1) is 11.3 Å². The lowest BCUT2D eigenvalue weighted by atomic mass is 10.3. The molecule has 86 valence electrons. The summed E-state index contributed by atoms with van der Waals surface area (Å²) in [5.74, 6) is 0. The van der Waals surface area contributed by atoms with Crippen LogP contribution in [0.2, 0.25) is 0 Å². The van der Waals surface area contributed by atoms with Gasteiger partial charge in [-0.25, -0.2) is 4.98 Å². The highest BCUT2D eigenvalue weighted by atomic mass is 32.1. The second-order valence-electron chi connectivity index (χ2n) is 3.42. The molecule has 1 atom stereocenters. The minimum Gasteiger partial charge on any atom is -0.389 e. The number of methoxy groups -OCH3 is 1. The molecular formula is C10H18N2O2S. The van der Waals surface area contributed by atoms with Crippen LogP contribution < -0.4 is 5.32 Å². The van der Waals surface area contributed by atoms with Crippen molar-refractivity contribution < 1.29 is 9.84 Å². The Morgan fingerprint density at radius 2 is 2.47 bits per heavy atom. The van der Waals surface area contributed by atoms with Gasteiger partial charge in [0.05, 0.1) is 23.4 Å². The van der Waals surface area contributed by atoms with Crippen LogP contribution in [0.25, 0.3) is 0 Å². The zero-order chi connectivity index (χ0) is 11.1. The topological polar surface area (TPSA) is 54.4 Å². The van der Waals surface area contributed by atoms with Crippen molar-refractivity contribution in [1.29, 1.82) is 0 Å². The fraction of sp³-hybridized carbons (Fsp3) is 0.700. The van der Waals surface area contributed by atoms with Gasteiger partial charge in [0, 0.05) is 32.0 Å². The number of aromatic nitrogens is 1. The number of aryl methyl sites for hydroxylation is 1. The van der Waals surface area contributed by atoms with Gasteiger partial charge in [-0.3, -0.25) is 0 Å². The molecule has 0 fully saturated rings. The minimum absolute atomic E-state index is 0.378. The third-order valence-electron chi connectivity index (χ3n) is 1.96. The number of aliphatic hydroxyl groups excluding tert-OH is 1. The summed E-state index contributed by atoms with van der Waals surface area (Å²) in [4.78, 5) is 4.36. The Hall–Kier alpha value is -0.490. The van der Waals surface area contributed by atoms with Crippen LogP contribution in [0.15, 0.2) is 5.38 Å². The van der Waals surface area contributed by atoms with Gasteiger partial charge in [-0.2, -0.15) is 0 Å². The molecule has 0 aliphatic rings. The highest BCUT2D eigenvalue weighted by Crippen LogP contribution is 2.07. The summed E-state index contributed by atoms with van der Waals surface area (Å²) in [6, 6.07) is 0. The van der Waals surface area contributed by atoms with Crippen LogP contribution in [0.5, 0.6) is 0 Å². The van der Waals surface area contributed by atoms with E-state index in [0.717, 1.165) is 23.7 Å². The van der Waals surface area contributed by atoms with Crippen LogP contribution in [0.1, 0.15) is 10.7 Å². The third-order valence-corrected chi connectivity index (χ3v) is 2.79. The molecule has 15 heavy (non-hydrogen) atoms. The standard InChI is InChI=1S/C10H18N2O2S/c1-8-12-9(7-15-8)3-4-11-5-10(13)6-14-2/h7,10-11,13H,3-6H2,1-2H3. The van der Waals surface area contributed by atoms with Gasteiger partial charge >= 0.3 is 0 Å². The first-order valence-corrected chi connectivity index (χ1v) is 5.89. The molecule has 1 unspecified atom stereocenters. The molecule has 1 aromatic heterocycles. The molecule has 0 aromatic carbocycles. The summed E-state index contributed by atoms with van der Waals surface area (Å²) >= 11 is 1.67. The van der Waals surface area contributed by atoms with Gasteiger partial charge in [0.1, 0.15) is 0 Å². The maximum absolute atomic E-state index is 9.35. The zero-order valence-electron chi connectivity index (χ0n) is 9.19. The molecule has 0 amide bonds. The van der Waals surface area contributed by atoms with E-state index in [1.807, 2.05) is 6.92 Å². The molecule has 0 spiro atoms. The first-order valence-electron chi connectivity index (χ1n) is 5.01. The van der Waals surface area contributed by atoms with Gasteiger partial charge in [-0.05, 0) is 6.92 Å². The first kappa shape index (κ1) is 12.6. The van der Waals surface area contributed by atoms with Crippen LogP contribution in [0.4, 0.5) is 0 Å². The Balaban J connectivity index is 2.06. The molecule has 0 saturated heterocycles. The van der Waals surface area contributed by atoms with Gasteiger partial charge < -0.3 is 15.2 Å². The second-order valence-corrected chi connectivity index (χ2v) is 4.48. The maximum atomic E-state index is 9.35. The van der Waals surface area contributed by atoms with Crippen molar-refractivity contribution in [2.24, 2.45) is 0 Å². The van der Waals surface area contributed by atoms with Crippen LogP contribution >= 0.6 is 11.3 Å². The lowest BCUT2D eigenvalue weighted by Gasteiger charge is -2.09. The average molecular weight is 230 g/mol. The van der Waals surface area contributed by atoms with Crippen molar-refractivity contribution >= 4 is 11.3 Å². The number of aliphatic hydroxyl groups is 1. The minimum atomic E-state index is -0.424. The van der Waals surface area contributed by atoms with E-state index in [9.17, 15) is 5.11 Å². The number of nitrogens with one attached hydrogen (secondary N) is 1. The van der Waals surface area contributed by atoms with Gasteiger partial charge in [0.15, 0.2) is 0 Å². The van der Waals surface area contributed by atoms with Crippen LogP contribution in [0, 0.1) is 6.92 Å². The average Bonchev–Trinajstić information content (AvgIpc) is 2.60. The predicted molar refractivity (Wildman–Crippen MR) is 61.3 cm³/mol. The number of thiazole rings is 1. The molecule has 2 N–H and O–H groups in total. The molecular weight excluding hydrogens is 212 g/mol. The molecule has 0 radical (unpaired) electrons. The second kappa shape index (κ2) is 6.90. The van der Waals surface area contributed by atoms with Crippen molar-refractivity contribution in [2.45, 2.75) is 19.4 Å². The van der Waals surface area contributed by atoms with Crippen LogP contribution in [-0.4, -0.2) is 43.0 Å². The van der Waals surface area contributed by atoms with Gasteiger partial charge in [0.2, 0.25) is 0 Å². The molecule has 1 rings (SSSR count). The molecule has 4 nitrogen and oxygen atoms in total.